The molecule has 3 saturated heterocycles. The van der Waals surface area contributed by atoms with Crippen LogP contribution in [0.2, 0.25) is 0 Å². The fourth-order valence-corrected chi connectivity index (χ4v) is 5.10. The van der Waals surface area contributed by atoms with Gasteiger partial charge in [0.25, 0.3) is 0 Å². The molecule has 0 unspecified atom stereocenters. The quantitative estimate of drug-likeness (QED) is 0.630. The largest absolute Gasteiger partial charge is 0.432 e. The van der Waals surface area contributed by atoms with Gasteiger partial charge in [-0.05, 0) is 25.2 Å². The van der Waals surface area contributed by atoms with Crippen molar-refractivity contribution < 1.29 is 29.2 Å². The summed E-state index contributed by atoms with van der Waals surface area (Å²) in [4.78, 5) is 12.1. The molecule has 0 amide bonds. The third-order valence-electron chi connectivity index (χ3n) is 6.15. The molecule has 6 heteroatoms. The summed E-state index contributed by atoms with van der Waals surface area (Å²) in [5.41, 5.74) is -0.835. The molecule has 1 aliphatic carbocycles. The van der Waals surface area contributed by atoms with E-state index in [1.807, 2.05) is 13.8 Å². The van der Waals surface area contributed by atoms with Crippen LogP contribution in [-0.2, 0) is 19.0 Å². The average molecular weight is 298 g/mol. The standard InChI is InChI=1S/C15H22O6/c1-6-8-4-5-14(3)20-13-15(8,21-14)9(11(17)10(6)16)7(2)12(18)19-13/h6-11,13,16-17H,4-5H2,1-3H3/t6-,7+,8+,9-,10-,11-,13-,14-,15+/m0/s1. The van der Waals surface area contributed by atoms with Crippen LogP contribution in [0.15, 0.2) is 0 Å². The van der Waals surface area contributed by atoms with Crippen molar-refractivity contribution in [1.82, 2.24) is 0 Å². The summed E-state index contributed by atoms with van der Waals surface area (Å²) in [5, 5.41) is 21.0. The zero-order valence-electron chi connectivity index (χ0n) is 12.5. The van der Waals surface area contributed by atoms with Gasteiger partial charge in [0.2, 0.25) is 6.29 Å². The van der Waals surface area contributed by atoms with Gasteiger partial charge in [0.1, 0.15) is 5.60 Å². The second-order valence-corrected chi connectivity index (χ2v) is 7.28. The van der Waals surface area contributed by atoms with Crippen molar-refractivity contribution in [2.45, 2.75) is 63.5 Å². The van der Waals surface area contributed by atoms with E-state index >= 15 is 0 Å². The van der Waals surface area contributed by atoms with Crippen molar-refractivity contribution in [2.75, 3.05) is 0 Å². The third kappa shape index (κ3) is 1.49. The number of ether oxygens (including phenoxy) is 3. The van der Waals surface area contributed by atoms with Crippen molar-refractivity contribution in [3.05, 3.63) is 0 Å². The summed E-state index contributed by atoms with van der Waals surface area (Å²) in [5.74, 6) is -2.31. The van der Waals surface area contributed by atoms with Crippen molar-refractivity contribution in [3.63, 3.8) is 0 Å². The average Bonchev–Trinajstić information content (AvgIpc) is 2.64. The molecule has 6 nitrogen and oxygen atoms in total. The molecular formula is C15H22O6. The first kappa shape index (κ1) is 13.9. The third-order valence-corrected chi connectivity index (χ3v) is 6.15. The molecule has 2 N–H and O–H groups in total. The summed E-state index contributed by atoms with van der Waals surface area (Å²) < 4.78 is 17.7. The van der Waals surface area contributed by atoms with Gasteiger partial charge in [-0.25, -0.2) is 0 Å². The first-order chi connectivity index (χ1) is 9.80. The summed E-state index contributed by atoms with van der Waals surface area (Å²) in [6.45, 7) is 5.51. The highest BCUT2D eigenvalue weighted by Gasteiger charge is 2.75. The number of rotatable bonds is 0. The minimum Gasteiger partial charge on any atom is -0.432 e. The topological polar surface area (TPSA) is 85.2 Å². The molecular weight excluding hydrogens is 276 g/mol. The van der Waals surface area contributed by atoms with Crippen molar-refractivity contribution in [3.8, 4) is 0 Å². The van der Waals surface area contributed by atoms with Crippen molar-refractivity contribution in [1.29, 1.82) is 0 Å². The predicted octanol–water partition coefficient (Wildman–Crippen LogP) is 0.405. The molecule has 0 aromatic carbocycles. The van der Waals surface area contributed by atoms with E-state index in [4.69, 9.17) is 14.2 Å². The lowest BCUT2D eigenvalue weighted by Crippen LogP contribution is -2.72. The Kier molecular flexibility index (Phi) is 2.64. The molecule has 1 spiro atoms. The van der Waals surface area contributed by atoms with Gasteiger partial charge in [-0.1, -0.05) is 13.8 Å². The molecule has 0 aromatic rings. The Morgan fingerprint density at radius 1 is 1.24 bits per heavy atom. The maximum Gasteiger partial charge on any atom is 0.311 e. The van der Waals surface area contributed by atoms with Crippen LogP contribution in [0.4, 0.5) is 0 Å². The SMILES string of the molecule is C[C@@H]1[C@H](O)[C@@H](O)[C@@H]2[C@@H](C)C(=O)O[C@H]3O[C@]4(C)CC[C@H]1[C@]32O4. The molecule has 4 rings (SSSR count). The summed E-state index contributed by atoms with van der Waals surface area (Å²) in [6.07, 6.45) is -1.12. The van der Waals surface area contributed by atoms with Crippen molar-refractivity contribution >= 4 is 5.97 Å². The van der Waals surface area contributed by atoms with Gasteiger partial charge in [0, 0.05) is 12.3 Å². The second kappa shape index (κ2) is 3.98. The fourth-order valence-electron chi connectivity index (χ4n) is 5.10. The Morgan fingerprint density at radius 2 is 1.95 bits per heavy atom. The monoisotopic (exact) mass is 298 g/mol. The van der Waals surface area contributed by atoms with Gasteiger partial charge in [0.15, 0.2) is 5.79 Å². The van der Waals surface area contributed by atoms with Gasteiger partial charge in [-0.3, -0.25) is 4.79 Å². The molecule has 2 bridgehead atoms. The molecule has 21 heavy (non-hydrogen) atoms. The van der Waals surface area contributed by atoms with E-state index in [9.17, 15) is 15.0 Å². The highest BCUT2D eigenvalue weighted by Crippen LogP contribution is 2.62. The number of aliphatic hydroxyl groups is 2. The van der Waals surface area contributed by atoms with Crippen LogP contribution >= 0.6 is 0 Å². The second-order valence-electron chi connectivity index (χ2n) is 7.28. The number of fused-ring (bicyclic) bond motifs is 1. The van der Waals surface area contributed by atoms with E-state index in [1.54, 1.807) is 6.92 Å². The Morgan fingerprint density at radius 3 is 2.67 bits per heavy atom. The van der Waals surface area contributed by atoms with Crippen LogP contribution in [-0.4, -0.2) is 46.1 Å². The normalized spacial score (nSPS) is 62.1. The summed E-state index contributed by atoms with van der Waals surface area (Å²) in [6, 6.07) is 0. The zero-order chi connectivity index (χ0) is 15.2. The van der Waals surface area contributed by atoms with E-state index in [0.29, 0.717) is 6.42 Å². The maximum absolute atomic E-state index is 12.1. The first-order valence-corrected chi connectivity index (χ1v) is 7.75. The lowest BCUT2D eigenvalue weighted by atomic mass is 9.55. The van der Waals surface area contributed by atoms with Crippen molar-refractivity contribution in [2.24, 2.45) is 23.7 Å². The van der Waals surface area contributed by atoms with Gasteiger partial charge in [-0.15, -0.1) is 0 Å². The molecule has 3 heterocycles. The lowest BCUT2D eigenvalue weighted by molar-refractivity contribution is -0.299. The number of carbonyl (C=O) groups is 1. The smallest absolute Gasteiger partial charge is 0.311 e. The molecule has 3 aliphatic heterocycles. The summed E-state index contributed by atoms with van der Waals surface area (Å²) in [7, 11) is 0. The van der Waals surface area contributed by atoms with Gasteiger partial charge in [0.05, 0.1) is 18.1 Å². The Hall–Kier alpha value is -0.690. The fraction of sp³-hybridized carbons (Fsp3) is 0.933. The van der Waals surface area contributed by atoms with Crippen LogP contribution in [0.1, 0.15) is 33.6 Å². The minimum absolute atomic E-state index is 0.0111. The highest BCUT2D eigenvalue weighted by molar-refractivity contribution is 5.74. The van der Waals surface area contributed by atoms with E-state index < -0.39 is 47.7 Å². The van der Waals surface area contributed by atoms with E-state index in [-0.39, 0.29) is 11.8 Å². The van der Waals surface area contributed by atoms with E-state index in [2.05, 4.69) is 0 Å². The number of esters is 1. The zero-order valence-corrected chi connectivity index (χ0v) is 12.5. The molecule has 118 valence electrons. The van der Waals surface area contributed by atoms with Crippen LogP contribution in [0.25, 0.3) is 0 Å². The van der Waals surface area contributed by atoms with Gasteiger partial charge < -0.3 is 24.4 Å². The van der Waals surface area contributed by atoms with E-state index in [1.165, 1.54) is 0 Å². The number of carbonyl (C=O) groups excluding carboxylic acids is 1. The van der Waals surface area contributed by atoms with Crippen LogP contribution in [0, 0.1) is 23.7 Å². The first-order valence-electron chi connectivity index (χ1n) is 7.75. The van der Waals surface area contributed by atoms with Crippen LogP contribution < -0.4 is 0 Å². The maximum atomic E-state index is 12.1. The molecule has 9 atom stereocenters. The number of hydrogen-bond acceptors (Lipinski definition) is 6. The van der Waals surface area contributed by atoms with E-state index in [0.717, 1.165) is 6.42 Å². The molecule has 4 aliphatic rings. The van der Waals surface area contributed by atoms with Gasteiger partial charge in [-0.2, -0.15) is 0 Å². The van der Waals surface area contributed by atoms with Gasteiger partial charge >= 0.3 is 5.97 Å². The molecule has 0 aromatic heterocycles. The summed E-state index contributed by atoms with van der Waals surface area (Å²) >= 11 is 0. The Balaban J connectivity index is 1.88. The van der Waals surface area contributed by atoms with Crippen LogP contribution in [0.5, 0.6) is 0 Å². The molecule has 1 saturated carbocycles. The Labute approximate surface area is 123 Å². The molecule has 0 radical (unpaired) electrons. The van der Waals surface area contributed by atoms with Crippen LogP contribution in [0.3, 0.4) is 0 Å². The number of hydrogen-bond donors (Lipinski definition) is 2. The number of aliphatic hydroxyl groups excluding tert-OH is 2. The minimum atomic E-state index is -1.01. The Bertz CT molecular complexity index is 495. The molecule has 4 fully saturated rings. The predicted molar refractivity (Wildman–Crippen MR) is 69.7 cm³/mol. The highest BCUT2D eigenvalue weighted by atomic mass is 16.8. The lowest BCUT2D eigenvalue weighted by Gasteiger charge is -2.58.